The molecule has 0 nitrogen and oxygen atoms in total. The maximum absolute atomic E-state index is 3.01. The van der Waals surface area contributed by atoms with E-state index in [-0.39, 0.29) is 0 Å². The first kappa shape index (κ1) is 6.12. The maximum Gasteiger partial charge on any atom is -0.0197 e. The Bertz CT molecular complexity index is 198. The van der Waals surface area contributed by atoms with Crippen molar-refractivity contribution >= 4 is 0 Å². The molecule has 46 valence electrons. The molecule has 0 amide bonds. The van der Waals surface area contributed by atoms with E-state index in [1.165, 1.54) is 11.1 Å². The summed E-state index contributed by atoms with van der Waals surface area (Å²) >= 11 is 0. The molecule has 0 saturated carbocycles. The predicted octanol–water partition coefficient (Wildman–Crippen LogP) is 2.60. The van der Waals surface area contributed by atoms with Crippen molar-refractivity contribution < 1.29 is 0 Å². The third kappa shape index (κ3) is 1.45. The highest BCUT2D eigenvalue weighted by atomic mass is 13.9. The van der Waals surface area contributed by atoms with Gasteiger partial charge in [-0.1, -0.05) is 12.2 Å². The van der Waals surface area contributed by atoms with Gasteiger partial charge in [-0.3, -0.25) is 0 Å². The molecule has 0 spiro atoms. The van der Waals surface area contributed by atoms with Crippen LogP contribution in [0.5, 0.6) is 0 Å². The molecule has 0 unspecified atom stereocenters. The molecule has 1 aliphatic rings. The first-order chi connectivity index (χ1) is 4.30. The largest absolute Gasteiger partial charge is 0.121 e. The Morgan fingerprint density at radius 3 is 1.89 bits per heavy atom. The van der Waals surface area contributed by atoms with Crippen LogP contribution in [-0.4, -0.2) is 0 Å². The van der Waals surface area contributed by atoms with Crippen molar-refractivity contribution in [2.24, 2.45) is 0 Å². The van der Waals surface area contributed by atoms with E-state index in [9.17, 15) is 0 Å². The molecule has 0 radical (unpaired) electrons. The fraction of sp³-hybridized carbons (Fsp3) is 0.222. The van der Waals surface area contributed by atoms with Crippen LogP contribution < -0.4 is 0 Å². The Labute approximate surface area is 55.9 Å². The van der Waals surface area contributed by atoms with Crippen molar-refractivity contribution in [1.29, 1.82) is 0 Å². The number of allylic oxidation sites excluding steroid dienone is 5. The number of rotatable bonds is 0. The summed E-state index contributed by atoms with van der Waals surface area (Å²) < 4.78 is 0. The zero-order valence-corrected chi connectivity index (χ0v) is 5.81. The molecular formula is C9H10. The quantitative estimate of drug-likeness (QED) is 0.429. The monoisotopic (exact) mass is 118 g/mol. The van der Waals surface area contributed by atoms with Crippen LogP contribution in [-0.2, 0) is 0 Å². The SMILES string of the molecule is CC1=CC=C=CC=C1C. The Morgan fingerprint density at radius 1 is 1.00 bits per heavy atom. The highest BCUT2D eigenvalue weighted by Crippen LogP contribution is 2.09. The Kier molecular flexibility index (Phi) is 1.72. The molecule has 0 aromatic rings. The Hall–Kier alpha value is -1.00. The second kappa shape index (κ2) is 2.52. The van der Waals surface area contributed by atoms with Crippen LogP contribution in [0.1, 0.15) is 13.8 Å². The Morgan fingerprint density at radius 2 is 1.44 bits per heavy atom. The van der Waals surface area contributed by atoms with Crippen molar-refractivity contribution in [3.8, 4) is 0 Å². The smallest absolute Gasteiger partial charge is 0.0197 e. The summed E-state index contributed by atoms with van der Waals surface area (Å²) in [6.45, 7) is 4.20. The fourth-order valence-electron chi connectivity index (χ4n) is 0.665. The van der Waals surface area contributed by atoms with Crippen molar-refractivity contribution in [3.05, 3.63) is 41.2 Å². The molecule has 9 heavy (non-hydrogen) atoms. The van der Waals surface area contributed by atoms with E-state index in [1.807, 2.05) is 12.2 Å². The lowest BCUT2D eigenvalue weighted by Gasteiger charge is -1.94. The number of hydrogen-bond donors (Lipinski definition) is 0. The fourth-order valence-corrected chi connectivity index (χ4v) is 0.665. The highest BCUT2D eigenvalue weighted by molar-refractivity contribution is 5.35. The summed E-state index contributed by atoms with van der Waals surface area (Å²) in [7, 11) is 0. The van der Waals surface area contributed by atoms with Gasteiger partial charge in [0.2, 0.25) is 0 Å². The van der Waals surface area contributed by atoms with Gasteiger partial charge in [-0.15, -0.1) is 5.73 Å². The van der Waals surface area contributed by atoms with Crippen molar-refractivity contribution in [1.82, 2.24) is 0 Å². The van der Waals surface area contributed by atoms with E-state index in [0.717, 1.165) is 0 Å². The molecule has 0 aromatic carbocycles. The van der Waals surface area contributed by atoms with E-state index in [4.69, 9.17) is 0 Å². The van der Waals surface area contributed by atoms with E-state index in [2.05, 4.69) is 31.7 Å². The summed E-state index contributed by atoms with van der Waals surface area (Å²) in [4.78, 5) is 0. The van der Waals surface area contributed by atoms with Gasteiger partial charge in [0.1, 0.15) is 0 Å². The zero-order valence-electron chi connectivity index (χ0n) is 5.81. The second-order valence-electron chi connectivity index (χ2n) is 2.20. The maximum atomic E-state index is 3.01. The van der Waals surface area contributed by atoms with Gasteiger partial charge in [-0.2, -0.15) is 0 Å². The molecule has 0 saturated heterocycles. The van der Waals surface area contributed by atoms with Crippen molar-refractivity contribution in [2.45, 2.75) is 13.8 Å². The van der Waals surface area contributed by atoms with E-state index in [1.54, 1.807) is 0 Å². The van der Waals surface area contributed by atoms with Gasteiger partial charge in [0.15, 0.2) is 0 Å². The van der Waals surface area contributed by atoms with Crippen LogP contribution in [0, 0.1) is 0 Å². The van der Waals surface area contributed by atoms with Crippen LogP contribution >= 0.6 is 0 Å². The number of hydrogen-bond acceptors (Lipinski definition) is 0. The van der Waals surface area contributed by atoms with E-state index >= 15 is 0 Å². The third-order valence-electron chi connectivity index (χ3n) is 1.48. The standard InChI is InChI=1S/C9H10/c1-8-6-4-3-5-7-9(8)2/h4-7H,1-2H3. The zero-order chi connectivity index (χ0) is 6.69. The van der Waals surface area contributed by atoms with Crippen LogP contribution in [0.25, 0.3) is 0 Å². The summed E-state index contributed by atoms with van der Waals surface area (Å²) in [5.74, 6) is 0. The minimum Gasteiger partial charge on any atom is -0.121 e. The van der Waals surface area contributed by atoms with Crippen LogP contribution in [0.3, 0.4) is 0 Å². The molecule has 0 heterocycles. The van der Waals surface area contributed by atoms with Gasteiger partial charge in [-0.05, 0) is 37.1 Å². The van der Waals surface area contributed by atoms with Crippen LogP contribution in [0.2, 0.25) is 0 Å². The summed E-state index contributed by atoms with van der Waals surface area (Å²) in [6.07, 6.45) is 8.00. The average molecular weight is 118 g/mol. The lowest BCUT2D eigenvalue weighted by Crippen LogP contribution is -1.74. The van der Waals surface area contributed by atoms with Gasteiger partial charge >= 0.3 is 0 Å². The molecule has 0 aromatic heterocycles. The molecule has 1 rings (SSSR count). The van der Waals surface area contributed by atoms with E-state index in [0.29, 0.717) is 0 Å². The minimum absolute atomic E-state index is 1.32. The minimum atomic E-state index is 1.32. The predicted molar refractivity (Wildman–Crippen MR) is 40.2 cm³/mol. The van der Waals surface area contributed by atoms with Crippen molar-refractivity contribution in [2.75, 3.05) is 0 Å². The first-order valence-electron chi connectivity index (χ1n) is 3.07. The molecule has 0 bridgehead atoms. The molecule has 0 heteroatoms. The van der Waals surface area contributed by atoms with Gasteiger partial charge in [0, 0.05) is 0 Å². The van der Waals surface area contributed by atoms with Gasteiger partial charge in [0.05, 0.1) is 0 Å². The molecule has 0 aliphatic heterocycles. The summed E-state index contributed by atoms with van der Waals surface area (Å²) in [6, 6.07) is 0. The van der Waals surface area contributed by atoms with Gasteiger partial charge < -0.3 is 0 Å². The summed E-state index contributed by atoms with van der Waals surface area (Å²) in [5, 5.41) is 0. The molecule has 0 N–H and O–H groups in total. The van der Waals surface area contributed by atoms with Crippen LogP contribution in [0.4, 0.5) is 0 Å². The molecule has 1 aliphatic carbocycles. The topological polar surface area (TPSA) is 0 Å². The van der Waals surface area contributed by atoms with E-state index < -0.39 is 0 Å². The van der Waals surface area contributed by atoms with Crippen molar-refractivity contribution in [3.63, 3.8) is 0 Å². The average Bonchev–Trinajstić information content (AvgIpc) is 1.99. The van der Waals surface area contributed by atoms with Gasteiger partial charge in [-0.25, -0.2) is 0 Å². The Balaban J connectivity index is 3.01. The van der Waals surface area contributed by atoms with Gasteiger partial charge in [0.25, 0.3) is 0 Å². The normalized spacial score (nSPS) is 16.7. The lowest BCUT2D eigenvalue weighted by atomic mass is 10.1. The highest BCUT2D eigenvalue weighted by Gasteiger charge is 1.89. The third-order valence-corrected chi connectivity index (χ3v) is 1.48. The molecule has 0 atom stereocenters. The summed E-state index contributed by atoms with van der Waals surface area (Å²) in [5.41, 5.74) is 5.64. The second-order valence-corrected chi connectivity index (χ2v) is 2.20. The lowest BCUT2D eigenvalue weighted by molar-refractivity contribution is 1.35. The molecular weight excluding hydrogens is 108 g/mol. The van der Waals surface area contributed by atoms with Crippen LogP contribution in [0.15, 0.2) is 41.2 Å². The molecule has 0 fully saturated rings. The first-order valence-corrected chi connectivity index (χ1v) is 3.07.